The summed E-state index contributed by atoms with van der Waals surface area (Å²) >= 11 is 4.17. The van der Waals surface area contributed by atoms with Crippen molar-refractivity contribution in [1.82, 2.24) is 0 Å². The fraction of sp³-hybridized carbons (Fsp3) is 0.200. The van der Waals surface area contributed by atoms with Crippen LogP contribution < -0.4 is 4.74 Å². The standard InChI is InChI=1S/C15H15I2O5P/c1-9-6-10(4-5-23(19,20)21)7-13(17)15(9)22-11-2-3-14(18)12(16)8-11/h2-3,6-8,18H,4-5H2,1H3,(H2,19,20,21). The van der Waals surface area contributed by atoms with Crippen LogP contribution in [0.1, 0.15) is 11.1 Å². The highest BCUT2D eigenvalue weighted by Crippen LogP contribution is 2.37. The Hall–Kier alpha value is -0.350. The van der Waals surface area contributed by atoms with E-state index in [1.165, 1.54) is 0 Å². The van der Waals surface area contributed by atoms with Crippen LogP contribution in [0.25, 0.3) is 0 Å². The number of aromatic hydroxyl groups is 1. The summed E-state index contributed by atoms with van der Waals surface area (Å²) in [5, 5.41) is 9.55. The molecule has 0 aliphatic rings. The summed E-state index contributed by atoms with van der Waals surface area (Å²) < 4.78 is 18.5. The summed E-state index contributed by atoms with van der Waals surface area (Å²) in [6.07, 6.45) is 0.150. The first kappa shape index (κ1) is 19.0. The molecule has 2 aromatic carbocycles. The molecule has 0 spiro atoms. The molecule has 0 amide bonds. The molecule has 0 radical (unpaired) electrons. The predicted octanol–water partition coefficient (Wildman–Crippen LogP) is 4.42. The van der Waals surface area contributed by atoms with Gasteiger partial charge in [-0.25, -0.2) is 0 Å². The Balaban J connectivity index is 2.23. The van der Waals surface area contributed by atoms with Crippen LogP contribution in [0.2, 0.25) is 0 Å². The maximum Gasteiger partial charge on any atom is 0.325 e. The van der Waals surface area contributed by atoms with Crippen molar-refractivity contribution in [2.45, 2.75) is 13.3 Å². The van der Waals surface area contributed by atoms with Gasteiger partial charge in [-0.05, 0) is 93.9 Å². The second kappa shape index (κ2) is 7.69. The topological polar surface area (TPSA) is 87.0 Å². The molecule has 0 bridgehead atoms. The average Bonchev–Trinajstić information content (AvgIpc) is 2.43. The van der Waals surface area contributed by atoms with Gasteiger partial charge in [0, 0.05) is 0 Å². The summed E-state index contributed by atoms with van der Waals surface area (Å²) in [6, 6.07) is 8.75. The minimum Gasteiger partial charge on any atom is -0.507 e. The lowest BCUT2D eigenvalue weighted by molar-refractivity contribution is 0.373. The lowest BCUT2D eigenvalue weighted by Crippen LogP contribution is -1.98. The van der Waals surface area contributed by atoms with Gasteiger partial charge in [0.15, 0.2) is 0 Å². The lowest BCUT2D eigenvalue weighted by Gasteiger charge is -2.14. The van der Waals surface area contributed by atoms with Crippen molar-refractivity contribution in [3.8, 4) is 17.2 Å². The molecule has 0 aromatic heterocycles. The molecule has 23 heavy (non-hydrogen) atoms. The molecular formula is C15H15I2O5P. The van der Waals surface area contributed by atoms with Gasteiger partial charge in [0.2, 0.25) is 0 Å². The number of rotatable bonds is 5. The van der Waals surface area contributed by atoms with Crippen molar-refractivity contribution >= 4 is 52.8 Å². The van der Waals surface area contributed by atoms with E-state index in [9.17, 15) is 9.67 Å². The van der Waals surface area contributed by atoms with Crippen LogP contribution in [0.3, 0.4) is 0 Å². The van der Waals surface area contributed by atoms with Crippen LogP contribution >= 0.6 is 52.8 Å². The van der Waals surface area contributed by atoms with E-state index in [0.717, 1.165) is 14.7 Å². The Bertz CT molecular complexity index is 749. The maximum absolute atomic E-state index is 11.0. The highest BCUT2D eigenvalue weighted by Gasteiger charge is 2.15. The Morgan fingerprint density at radius 2 is 1.83 bits per heavy atom. The summed E-state index contributed by atoms with van der Waals surface area (Å²) in [7, 11) is -4.00. The van der Waals surface area contributed by atoms with Crippen molar-refractivity contribution in [3.63, 3.8) is 0 Å². The minimum absolute atomic E-state index is 0.168. The summed E-state index contributed by atoms with van der Waals surface area (Å²) in [5.41, 5.74) is 1.75. The molecule has 0 saturated heterocycles. The van der Waals surface area contributed by atoms with E-state index < -0.39 is 7.60 Å². The average molecular weight is 560 g/mol. The van der Waals surface area contributed by atoms with Crippen LogP contribution in [0.5, 0.6) is 17.2 Å². The normalized spacial score (nSPS) is 11.5. The molecule has 3 N–H and O–H groups in total. The zero-order valence-electron chi connectivity index (χ0n) is 12.2. The molecule has 8 heteroatoms. The number of aryl methyl sites for hydroxylation is 2. The first-order valence-corrected chi connectivity index (χ1v) is 10.6. The molecule has 0 fully saturated rings. The van der Waals surface area contributed by atoms with Gasteiger partial charge < -0.3 is 19.6 Å². The predicted molar refractivity (Wildman–Crippen MR) is 105 cm³/mol. The van der Waals surface area contributed by atoms with Crippen LogP contribution in [-0.4, -0.2) is 21.1 Å². The first-order chi connectivity index (χ1) is 10.7. The van der Waals surface area contributed by atoms with Gasteiger partial charge in [-0.1, -0.05) is 6.07 Å². The van der Waals surface area contributed by atoms with Crippen LogP contribution in [-0.2, 0) is 11.0 Å². The van der Waals surface area contributed by atoms with Gasteiger partial charge in [0.05, 0.1) is 13.3 Å². The Morgan fingerprint density at radius 3 is 2.39 bits per heavy atom. The maximum atomic E-state index is 11.0. The van der Waals surface area contributed by atoms with Gasteiger partial charge in [0.1, 0.15) is 17.2 Å². The zero-order valence-corrected chi connectivity index (χ0v) is 17.4. The van der Waals surface area contributed by atoms with Crippen LogP contribution in [0, 0.1) is 14.1 Å². The molecule has 0 aliphatic heterocycles. The third kappa shape index (κ3) is 5.60. The zero-order chi connectivity index (χ0) is 17.2. The molecule has 0 atom stereocenters. The quantitative estimate of drug-likeness (QED) is 0.373. The fourth-order valence-corrected chi connectivity index (χ4v) is 3.99. The Labute approximate surface area is 161 Å². The third-order valence-corrected chi connectivity index (χ3v) is 5.59. The molecule has 0 saturated carbocycles. The molecule has 2 aromatic rings. The summed E-state index contributed by atoms with van der Waals surface area (Å²) in [6.45, 7) is 1.89. The van der Waals surface area contributed by atoms with Crippen molar-refractivity contribution in [2.24, 2.45) is 0 Å². The third-order valence-electron chi connectivity index (χ3n) is 3.12. The van der Waals surface area contributed by atoms with E-state index in [4.69, 9.17) is 14.5 Å². The number of hydrogen-bond acceptors (Lipinski definition) is 3. The largest absolute Gasteiger partial charge is 0.507 e. The lowest BCUT2D eigenvalue weighted by atomic mass is 10.1. The van der Waals surface area contributed by atoms with Gasteiger partial charge in [0.25, 0.3) is 0 Å². The van der Waals surface area contributed by atoms with Gasteiger partial charge in [-0.3, -0.25) is 4.57 Å². The van der Waals surface area contributed by atoms with Crippen molar-refractivity contribution in [1.29, 1.82) is 0 Å². The van der Waals surface area contributed by atoms with E-state index in [1.807, 2.05) is 41.6 Å². The van der Waals surface area contributed by atoms with Crippen molar-refractivity contribution < 1.29 is 24.2 Å². The highest BCUT2D eigenvalue weighted by molar-refractivity contribution is 14.1. The van der Waals surface area contributed by atoms with Gasteiger partial charge in [-0.2, -0.15) is 0 Å². The number of hydrogen-bond donors (Lipinski definition) is 3. The van der Waals surface area contributed by atoms with E-state index in [2.05, 4.69) is 22.6 Å². The van der Waals surface area contributed by atoms with E-state index in [-0.39, 0.29) is 11.9 Å². The molecular weight excluding hydrogens is 545 g/mol. The number of ether oxygens (including phenoxy) is 1. The number of benzene rings is 2. The summed E-state index contributed by atoms with van der Waals surface area (Å²) in [5.74, 6) is 1.53. The van der Waals surface area contributed by atoms with E-state index in [0.29, 0.717) is 21.5 Å². The molecule has 0 aliphatic carbocycles. The molecule has 2 rings (SSSR count). The molecule has 0 unspecified atom stereocenters. The molecule has 124 valence electrons. The van der Waals surface area contributed by atoms with Crippen molar-refractivity contribution in [2.75, 3.05) is 6.16 Å². The monoisotopic (exact) mass is 560 g/mol. The highest BCUT2D eigenvalue weighted by atomic mass is 127. The van der Waals surface area contributed by atoms with E-state index in [1.54, 1.807) is 18.2 Å². The SMILES string of the molecule is Cc1cc(CCP(=O)(O)O)cc(I)c1Oc1ccc(O)c(I)c1. The number of halogens is 2. The molecule has 5 nitrogen and oxygen atoms in total. The second-order valence-electron chi connectivity index (χ2n) is 5.08. The van der Waals surface area contributed by atoms with Gasteiger partial charge in [-0.15, -0.1) is 0 Å². The van der Waals surface area contributed by atoms with Crippen LogP contribution in [0.15, 0.2) is 30.3 Å². The number of phenolic OH excluding ortho intramolecular Hbond substituents is 1. The van der Waals surface area contributed by atoms with Gasteiger partial charge >= 0.3 is 7.60 Å². The fourth-order valence-electron chi connectivity index (χ4n) is 2.02. The summed E-state index contributed by atoms with van der Waals surface area (Å²) in [4.78, 5) is 18.0. The smallest absolute Gasteiger partial charge is 0.325 e. The minimum atomic E-state index is -4.00. The second-order valence-corrected chi connectivity index (χ2v) is 9.18. The Kier molecular flexibility index (Phi) is 6.35. The van der Waals surface area contributed by atoms with E-state index >= 15 is 0 Å². The Morgan fingerprint density at radius 1 is 1.13 bits per heavy atom. The number of phenols is 1. The first-order valence-electron chi connectivity index (χ1n) is 6.65. The van der Waals surface area contributed by atoms with Crippen LogP contribution in [0.4, 0.5) is 0 Å². The van der Waals surface area contributed by atoms with Crippen molar-refractivity contribution in [3.05, 3.63) is 48.6 Å². The molecule has 0 heterocycles.